The smallest absolute Gasteiger partial charge is 0.335 e. The van der Waals surface area contributed by atoms with Gasteiger partial charge in [-0.1, -0.05) is 49.6 Å². The molecule has 186 valence electrons. The number of benzene rings is 2. The summed E-state index contributed by atoms with van der Waals surface area (Å²) in [4.78, 5) is 27.7. The van der Waals surface area contributed by atoms with Gasteiger partial charge in [0.05, 0.1) is 30.0 Å². The van der Waals surface area contributed by atoms with Crippen molar-refractivity contribution in [2.75, 3.05) is 26.3 Å². The van der Waals surface area contributed by atoms with Crippen LogP contribution in [0.25, 0.3) is 27.9 Å². The lowest BCUT2D eigenvalue weighted by molar-refractivity contribution is -0.131. The summed E-state index contributed by atoms with van der Waals surface area (Å²) in [5.74, 6) is -0.466. The van der Waals surface area contributed by atoms with Gasteiger partial charge in [-0.05, 0) is 48.9 Å². The molecule has 1 aromatic heterocycles. The number of hydrogen-bond acceptors (Lipinski definition) is 3. The van der Waals surface area contributed by atoms with E-state index in [0.29, 0.717) is 38.6 Å². The molecule has 1 N–H and O–H groups in total. The third-order valence-corrected chi connectivity index (χ3v) is 8.24. The zero-order chi connectivity index (χ0) is 24.8. The molecule has 2 aliphatic heterocycles. The van der Waals surface area contributed by atoms with Gasteiger partial charge in [0.25, 0.3) is 5.91 Å². The number of allylic oxidation sites excluding steroid dienone is 1. The standard InChI is InChI=1S/C30H32N2O4/c1-19-25(29(33)31-13-15-36-16-14-31)17-21-9-5-6-10-23(21)28-27(20-7-3-2-4-8-20)24-12-11-22(30(34)35)18-26(24)32(19)28/h5-6,9-12,18,20H,2-4,7-8,13-17H2,1H3,(H,34,35). The molecule has 6 rings (SSSR count). The van der Waals surface area contributed by atoms with E-state index in [0.717, 1.165) is 51.8 Å². The normalized spacial score (nSPS) is 18.6. The molecule has 2 aromatic carbocycles. The fourth-order valence-corrected chi connectivity index (χ4v) is 6.41. The van der Waals surface area contributed by atoms with Gasteiger partial charge in [0, 0.05) is 41.7 Å². The largest absolute Gasteiger partial charge is 0.478 e. The number of aromatic carboxylic acids is 1. The Kier molecular flexibility index (Phi) is 5.92. The van der Waals surface area contributed by atoms with Crippen molar-refractivity contribution in [1.82, 2.24) is 9.47 Å². The zero-order valence-corrected chi connectivity index (χ0v) is 20.8. The van der Waals surface area contributed by atoms with Gasteiger partial charge in [-0.15, -0.1) is 0 Å². The van der Waals surface area contributed by atoms with Gasteiger partial charge in [-0.25, -0.2) is 4.79 Å². The number of carboxylic acids is 1. The fraction of sp³-hybridized carbons (Fsp3) is 0.400. The lowest BCUT2D eigenvalue weighted by Crippen LogP contribution is -2.42. The van der Waals surface area contributed by atoms with Crippen LogP contribution in [0.2, 0.25) is 0 Å². The maximum Gasteiger partial charge on any atom is 0.335 e. The van der Waals surface area contributed by atoms with E-state index in [2.05, 4.69) is 22.8 Å². The molecule has 0 bridgehead atoms. The highest BCUT2D eigenvalue weighted by Gasteiger charge is 2.33. The Hall–Kier alpha value is -3.38. The molecule has 1 saturated carbocycles. The Morgan fingerprint density at radius 1 is 1.00 bits per heavy atom. The number of hydrogen-bond donors (Lipinski definition) is 1. The van der Waals surface area contributed by atoms with Crippen molar-refractivity contribution in [2.24, 2.45) is 0 Å². The topological polar surface area (TPSA) is 71.8 Å². The van der Waals surface area contributed by atoms with Gasteiger partial charge in [-0.3, -0.25) is 4.79 Å². The monoisotopic (exact) mass is 484 g/mol. The van der Waals surface area contributed by atoms with Crippen LogP contribution in [0, 0.1) is 0 Å². The Morgan fingerprint density at radius 3 is 2.50 bits per heavy atom. The number of fused-ring (bicyclic) bond motifs is 5. The first-order valence-electron chi connectivity index (χ1n) is 13.1. The van der Waals surface area contributed by atoms with Crippen LogP contribution in [-0.4, -0.2) is 52.8 Å². The third-order valence-electron chi connectivity index (χ3n) is 8.24. The average molecular weight is 485 g/mol. The van der Waals surface area contributed by atoms with Gasteiger partial charge < -0.3 is 19.3 Å². The highest BCUT2D eigenvalue weighted by molar-refractivity contribution is 6.05. The second kappa shape index (κ2) is 9.25. The maximum absolute atomic E-state index is 13.9. The Balaban J connectivity index is 1.66. The number of rotatable bonds is 3. The zero-order valence-electron chi connectivity index (χ0n) is 20.8. The highest BCUT2D eigenvalue weighted by Crippen LogP contribution is 2.48. The number of carbonyl (C=O) groups excluding carboxylic acids is 1. The molecule has 1 amide bonds. The number of carbonyl (C=O) groups is 2. The molecule has 2 fully saturated rings. The Morgan fingerprint density at radius 2 is 1.75 bits per heavy atom. The predicted octanol–water partition coefficient (Wildman–Crippen LogP) is 5.70. The third kappa shape index (κ3) is 3.75. The molecular weight excluding hydrogens is 452 g/mol. The highest BCUT2D eigenvalue weighted by atomic mass is 16.5. The van der Waals surface area contributed by atoms with Crippen molar-refractivity contribution in [1.29, 1.82) is 0 Å². The van der Waals surface area contributed by atoms with Crippen LogP contribution in [0.5, 0.6) is 0 Å². The fourth-order valence-electron chi connectivity index (χ4n) is 6.41. The lowest BCUT2D eigenvalue weighted by Gasteiger charge is -2.28. The van der Waals surface area contributed by atoms with Crippen molar-refractivity contribution in [2.45, 2.75) is 51.4 Å². The molecular formula is C30H32N2O4. The Labute approximate surface area is 211 Å². The van der Waals surface area contributed by atoms with E-state index >= 15 is 0 Å². The van der Waals surface area contributed by atoms with Crippen LogP contribution in [0.15, 0.2) is 48.0 Å². The summed E-state index contributed by atoms with van der Waals surface area (Å²) in [6.07, 6.45) is 6.52. The second-order valence-electron chi connectivity index (χ2n) is 10.3. The van der Waals surface area contributed by atoms with Gasteiger partial charge in [0.1, 0.15) is 0 Å². The van der Waals surface area contributed by atoms with E-state index < -0.39 is 5.97 Å². The second-order valence-corrected chi connectivity index (χ2v) is 10.3. The summed E-state index contributed by atoms with van der Waals surface area (Å²) in [5.41, 5.74) is 7.56. The van der Waals surface area contributed by atoms with Crippen molar-refractivity contribution in [3.05, 3.63) is 64.7 Å². The van der Waals surface area contributed by atoms with Crippen LogP contribution < -0.4 is 0 Å². The average Bonchev–Trinajstić information content (AvgIpc) is 3.20. The molecule has 3 heterocycles. The number of aromatic nitrogens is 1. The van der Waals surface area contributed by atoms with Gasteiger partial charge in [-0.2, -0.15) is 0 Å². The first-order chi connectivity index (χ1) is 17.5. The number of ether oxygens (including phenoxy) is 1. The minimum atomic E-state index is -0.938. The van der Waals surface area contributed by atoms with Crippen LogP contribution >= 0.6 is 0 Å². The molecule has 0 unspecified atom stereocenters. The van der Waals surface area contributed by atoms with Crippen LogP contribution in [0.3, 0.4) is 0 Å². The number of morpholine rings is 1. The van der Waals surface area contributed by atoms with Crippen molar-refractivity contribution in [3.8, 4) is 11.3 Å². The van der Waals surface area contributed by atoms with Crippen molar-refractivity contribution < 1.29 is 19.4 Å². The molecule has 3 aliphatic rings. The molecule has 6 nitrogen and oxygen atoms in total. The maximum atomic E-state index is 13.9. The summed E-state index contributed by atoms with van der Waals surface area (Å²) in [6.45, 7) is 4.32. The summed E-state index contributed by atoms with van der Waals surface area (Å²) < 4.78 is 7.69. The molecule has 1 saturated heterocycles. The molecule has 0 spiro atoms. The van der Waals surface area contributed by atoms with Gasteiger partial charge in [0.2, 0.25) is 0 Å². The van der Waals surface area contributed by atoms with Gasteiger partial charge >= 0.3 is 5.97 Å². The predicted molar refractivity (Wildman–Crippen MR) is 140 cm³/mol. The van der Waals surface area contributed by atoms with E-state index in [-0.39, 0.29) is 11.5 Å². The quantitative estimate of drug-likeness (QED) is 0.518. The van der Waals surface area contributed by atoms with Crippen LogP contribution in [0.1, 0.15) is 66.4 Å². The van der Waals surface area contributed by atoms with Crippen molar-refractivity contribution in [3.63, 3.8) is 0 Å². The lowest BCUT2D eigenvalue weighted by atomic mass is 9.81. The first kappa shape index (κ1) is 23.0. The molecule has 6 heteroatoms. The molecule has 0 atom stereocenters. The number of carboxylic acid groups (broad SMARTS) is 1. The minimum Gasteiger partial charge on any atom is -0.478 e. The van der Waals surface area contributed by atoms with Crippen LogP contribution in [0.4, 0.5) is 0 Å². The molecule has 0 radical (unpaired) electrons. The number of nitrogens with zero attached hydrogens (tertiary/aromatic N) is 2. The summed E-state index contributed by atoms with van der Waals surface area (Å²) >= 11 is 0. The van der Waals surface area contributed by atoms with Crippen molar-refractivity contribution >= 4 is 28.5 Å². The van der Waals surface area contributed by atoms with Crippen LogP contribution in [-0.2, 0) is 16.0 Å². The van der Waals surface area contributed by atoms with Gasteiger partial charge in [0.15, 0.2) is 0 Å². The van der Waals surface area contributed by atoms with E-state index in [4.69, 9.17) is 4.74 Å². The van der Waals surface area contributed by atoms with E-state index in [1.165, 1.54) is 24.8 Å². The summed E-state index contributed by atoms with van der Waals surface area (Å²) in [6, 6.07) is 13.9. The van der Waals surface area contributed by atoms with E-state index in [9.17, 15) is 14.7 Å². The summed E-state index contributed by atoms with van der Waals surface area (Å²) in [7, 11) is 0. The minimum absolute atomic E-state index is 0.0499. The molecule has 36 heavy (non-hydrogen) atoms. The first-order valence-corrected chi connectivity index (χ1v) is 13.1. The summed E-state index contributed by atoms with van der Waals surface area (Å²) in [5, 5.41) is 10.9. The van der Waals surface area contributed by atoms with E-state index in [1.54, 1.807) is 12.1 Å². The number of amides is 1. The Bertz CT molecular complexity index is 1390. The van der Waals surface area contributed by atoms with E-state index in [1.807, 2.05) is 24.0 Å². The molecule has 1 aliphatic carbocycles. The molecule has 3 aromatic rings. The SMILES string of the molecule is CC1=C(C(=O)N2CCOCC2)Cc2ccccc2-c2c(C3CCCCC3)c3ccc(C(=O)O)cc3n21.